The summed E-state index contributed by atoms with van der Waals surface area (Å²) < 4.78 is 5.05. The molecule has 0 saturated heterocycles. The number of hydrogen-bond donors (Lipinski definition) is 0. The summed E-state index contributed by atoms with van der Waals surface area (Å²) in [4.78, 5) is 5.43. The minimum absolute atomic E-state index is 0.334. The number of fused-ring (bicyclic) bond motifs is 10. The molecule has 0 radical (unpaired) electrons. The SMILES string of the molecule is c1ccc(-c2cc(-c3ccccc3)c(N3c4ccc(-c5ccc6ccc7cccc8ccc5c6c78)cc4B4c5ccc(-n6c7ccccc7c7ccccc76)cc5N(c5c(-c6ccccc6)cc(-c6ccccc6)cc5-c5ccccc5)c5cc(-n6c7ccccc7c7ccccc76)cc3c54)c(-c3ccccc3)c2)cc1. The van der Waals surface area contributed by atoms with E-state index in [1.54, 1.807) is 0 Å². The van der Waals surface area contributed by atoms with E-state index in [2.05, 4.69) is 425 Å². The van der Waals surface area contributed by atoms with E-state index >= 15 is 0 Å². The Balaban J connectivity index is 0.923. The maximum absolute atomic E-state index is 2.72. The summed E-state index contributed by atoms with van der Waals surface area (Å²) in [5.41, 5.74) is 32.6. The topological polar surface area (TPSA) is 16.3 Å². The molecule has 0 fully saturated rings. The van der Waals surface area contributed by atoms with Gasteiger partial charge in [0.15, 0.2) is 0 Å². The molecule has 0 spiro atoms. The largest absolute Gasteiger partial charge is 0.310 e. The Hall–Kier alpha value is -14.5. The van der Waals surface area contributed by atoms with Crippen LogP contribution in [0.2, 0.25) is 0 Å². The Morgan fingerprint density at radius 2 is 0.559 bits per heavy atom. The fraction of sp³-hybridized carbons (Fsp3) is 0. The third-order valence-corrected chi connectivity index (χ3v) is 23.8. The van der Waals surface area contributed by atoms with Gasteiger partial charge < -0.3 is 18.9 Å². The zero-order valence-corrected chi connectivity index (χ0v) is 60.5. The Kier molecular flexibility index (Phi) is 14.1. The average Bonchev–Trinajstić information content (AvgIpc) is 1.19. The van der Waals surface area contributed by atoms with Crippen LogP contribution in [0.3, 0.4) is 0 Å². The van der Waals surface area contributed by atoms with Crippen LogP contribution in [0.1, 0.15) is 0 Å². The lowest BCUT2D eigenvalue weighted by Gasteiger charge is -2.46. The molecule has 0 unspecified atom stereocenters. The van der Waals surface area contributed by atoms with Gasteiger partial charge >= 0.3 is 0 Å². The Morgan fingerprint density at radius 3 is 1.01 bits per heavy atom. The number of nitrogens with zero attached hydrogens (tertiary/aromatic N) is 4. The molecule has 2 aliphatic rings. The van der Waals surface area contributed by atoms with E-state index in [-0.39, 0.29) is 6.71 Å². The van der Waals surface area contributed by atoms with E-state index < -0.39 is 0 Å². The molecule has 5 heteroatoms. The first-order valence-electron chi connectivity index (χ1n) is 38.5. The average molecular weight is 1410 g/mol. The monoisotopic (exact) mass is 1410 g/mol. The molecule has 0 saturated carbocycles. The van der Waals surface area contributed by atoms with Crippen molar-refractivity contribution in [2.45, 2.75) is 0 Å². The minimum Gasteiger partial charge on any atom is -0.310 e. The number of hydrogen-bond acceptors (Lipinski definition) is 2. The number of benzene rings is 19. The number of rotatable bonds is 11. The number of anilines is 6. The summed E-state index contributed by atoms with van der Waals surface area (Å²) in [5, 5.41) is 12.4. The van der Waals surface area contributed by atoms with Crippen LogP contribution in [0.4, 0.5) is 34.1 Å². The molecule has 23 rings (SSSR count). The van der Waals surface area contributed by atoms with Crippen LogP contribution in [0.25, 0.3) is 165 Å². The van der Waals surface area contributed by atoms with Gasteiger partial charge in [0.05, 0.1) is 39.1 Å². The van der Waals surface area contributed by atoms with Crippen molar-refractivity contribution in [2.75, 3.05) is 9.80 Å². The van der Waals surface area contributed by atoms with Crippen molar-refractivity contribution in [1.29, 1.82) is 0 Å². The molecule has 19 aromatic carbocycles. The molecule has 4 nitrogen and oxygen atoms in total. The number of para-hydroxylation sites is 4. The summed E-state index contributed by atoms with van der Waals surface area (Å²) in [6.45, 7) is -0.334. The van der Waals surface area contributed by atoms with E-state index in [9.17, 15) is 0 Å². The molecule has 0 aliphatic carbocycles. The maximum Gasteiger partial charge on any atom is 0.252 e. The van der Waals surface area contributed by atoms with Gasteiger partial charge in [0.25, 0.3) is 6.71 Å². The molecule has 2 aromatic heterocycles. The summed E-state index contributed by atoms with van der Waals surface area (Å²) in [5.74, 6) is 0. The lowest BCUT2D eigenvalue weighted by atomic mass is 9.33. The van der Waals surface area contributed by atoms with Crippen LogP contribution in [0, 0.1) is 0 Å². The van der Waals surface area contributed by atoms with Crippen LogP contribution in [-0.2, 0) is 0 Å². The van der Waals surface area contributed by atoms with Crippen molar-refractivity contribution in [3.63, 3.8) is 0 Å². The quantitative estimate of drug-likeness (QED) is 0.0948. The Labute approximate surface area is 643 Å². The van der Waals surface area contributed by atoms with Crippen molar-refractivity contribution in [3.8, 4) is 89.3 Å². The predicted molar refractivity (Wildman–Crippen MR) is 471 cm³/mol. The van der Waals surface area contributed by atoms with Crippen LogP contribution >= 0.6 is 0 Å². The van der Waals surface area contributed by atoms with Gasteiger partial charge in [-0.15, -0.1) is 0 Å². The molecule has 0 atom stereocenters. The molecule has 21 aromatic rings. The maximum atomic E-state index is 2.72. The van der Waals surface area contributed by atoms with Gasteiger partial charge in [-0.3, -0.25) is 0 Å². The van der Waals surface area contributed by atoms with Crippen LogP contribution in [-0.4, -0.2) is 15.8 Å². The van der Waals surface area contributed by atoms with Crippen molar-refractivity contribution < 1.29 is 0 Å². The summed E-state index contributed by atoms with van der Waals surface area (Å²) in [7, 11) is 0. The van der Waals surface area contributed by atoms with Gasteiger partial charge in [-0.05, 0) is 183 Å². The third-order valence-electron chi connectivity index (χ3n) is 23.8. The van der Waals surface area contributed by atoms with Crippen molar-refractivity contribution >= 4 is 133 Å². The molecular weight excluding hydrogens is 1340 g/mol. The molecular formula is C106H67BN4. The van der Waals surface area contributed by atoms with Crippen LogP contribution in [0.5, 0.6) is 0 Å². The standard InChI is InChI=1S/C106H67BN4/c1-7-28-68(29-8-1)78-60-88(70-32-11-3-12-33-70)105(89(61-78)71-34-13-4-14-35-71)110-98-59-54-77(82-56-52-76-51-50-74-40-27-41-75-53-57-87(82)103(76)102(74)75)64-93(98)107-92-58-55-80(108-94-46-23-19-42-83(94)84-43-20-24-47-95(84)108)65-99(92)111(101-67-81(66-100(110)104(101)107)109-96-48-25-21-44-85(96)86-45-22-26-49-97(86)109)106-90(72-36-15-5-16-37-72)62-79(69-30-9-2-10-31-69)63-91(106)73-38-17-6-18-39-73/h1-67H. The Bertz CT molecular complexity index is 7070. The molecule has 0 N–H and O–H groups in total. The van der Waals surface area contributed by atoms with Gasteiger partial charge in [-0.25, -0.2) is 0 Å². The highest BCUT2D eigenvalue weighted by Gasteiger charge is 2.46. The van der Waals surface area contributed by atoms with Crippen molar-refractivity contribution in [3.05, 3.63) is 406 Å². The van der Waals surface area contributed by atoms with Gasteiger partial charge in [0.1, 0.15) is 0 Å². The fourth-order valence-electron chi connectivity index (χ4n) is 19.0. The summed E-state index contributed by atoms with van der Waals surface area (Å²) >= 11 is 0. The zero-order chi connectivity index (χ0) is 72.8. The number of aromatic nitrogens is 2. The summed E-state index contributed by atoms with van der Waals surface area (Å²) in [6.07, 6.45) is 0. The highest BCUT2D eigenvalue weighted by molar-refractivity contribution is 7.00. The predicted octanol–water partition coefficient (Wildman–Crippen LogP) is 26.5. The summed E-state index contributed by atoms with van der Waals surface area (Å²) in [6, 6.07) is 153. The molecule has 0 amide bonds. The minimum atomic E-state index is -0.334. The smallest absolute Gasteiger partial charge is 0.252 e. The van der Waals surface area contributed by atoms with Gasteiger partial charge in [-0.1, -0.05) is 328 Å². The van der Waals surface area contributed by atoms with E-state index in [1.807, 2.05) is 0 Å². The lowest BCUT2D eigenvalue weighted by molar-refractivity contribution is 1.15. The molecule has 514 valence electrons. The van der Waals surface area contributed by atoms with Crippen molar-refractivity contribution in [1.82, 2.24) is 9.13 Å². The second kappa shape index (κ2) is 25.0. The first-order chi connectivity index (χ1) is 55.1. The Morgan fingerprint density at radius 1 is 0.189 bits per heavy atom. The molecule has 4 heterocycles. The lowest BCUT2D eigenvalue weighted by Crippen LogP contribution is -2.61. The van der Waals surface area contributed by atoms with Gasteiger partial charge in [0, 0.05) is 72.2 Å². The fourth-order valence-corrected chi connectivity index (χ4v) is 19.0. The van der Waals surface area contributed by atoms with Crippen LogP contribution in [0.15, 0.2) is 406 Å². The zero-order valence-electron chi connectivity index (χ0n) is 60.5. The second-order valence-electron chi connectivity index (χ2n) is 29.8. The molecule has 0 bridgehead atoms. The normalized spacial score (nSPS) is 12.5. The molecule has 2 aliphatic heterocycles. The third kappa shape index (κ3) is 9.75. The van der Waals surface area contributed by atoms with Crippen LogP contribution < -0.4 is 26.2 Å². The molecule has 111 heavy (non-hydrogen) atoms. The van der Waals surface area contributed by atoms with Gasteiger partial charge in [0.2, 0.25) is 0 Å². The first-order valence-corrected chi connectivity index (χ1v) is 38.5. The van der Waals surface area contributed by atoms with E-state index in [4.69, 9.17) is 0 Å². The highest BCUT2D eigenvalue weighted by Crippen LogP contribution is 2.56. The van der Waals surface area contributed by atoms with Crippen molar-refractivity contribution in [2.24, 2.45) is 0 Å². The van der Waals surface area contributed by atoms with E-state index in [1.165, 1.54) is 75.8 Å². The van der Waals surface area contributed by atoms with Gasteiger partial charge in [-0.2, -0.15) is 0 Å². The first kappa shape index (κ1) is 62.7. The van der Waals surface area contributed by atoms with E-state index in [0.717, 1.165) is 140 Å². The van der Waals surface area contributed by atoms with E-state index in [0.29, 0.717) is 0 Å². The second-order valence-corrected chi connectivity index (χ2v) is 29.8. The highest BCUT2D eigenvalue weighted by atomic mass is 15.2.